The highest BCUT2D eigenvalue weighted by molar-refractivity contribution is 6.60. The zero-order valence-electron chi connectivity index (χ0n) is 8.16. The first-order valence-corrected chi connectivity index (χ1v) is 5.72. The molecular formula is C6H18N2O3Si. The Morgan fingerprint density at radius 3 is 1.83 bits per heavy atom. The monoisotopic (exact) mass is 194 g/mol. The van der Waals surface area contributed by atoms with Gasteiger partial charge in [-0.15, -0.1) is 0 Å². The summed E-state index contributed by atoms with van der Waals surface area (Å²) in [4.78, 5) is 0. The smallest absolute Gasteiger partial charge is 0.376 e. The van der Waals surface area contributed by atoms with Crippen molar-refractivity contribution in [3.8, 4) is 0 Å². The Morgan fingerprint density at radius 1 is 1.17 bits per heavy atom. The molecule has 5 nitrogen and oxygen atoms in total. The van der Waals surface area contributed by atoms with Gasteiger partial charge in [0.2, 0.25) is 0 Å². The zero-order valence-corrected chi connectivity index (χ0v) is 9.16. The average molecular weight is 194 g/mol. The third-order valence-electron chi connectivity index (χ3n) is 1.74. The van der Waals surface area contributed by atoms with Crippen LogP contribution < -0.4 is 5.84 Å². The summed E-state index contributed by atoms with van der Waals surface area (Å²) < 4.78 is 15.5. The van der Waals surface area contributed by atoms with Gasteiger partial charge in [-0.05, 0) is 0 Å². The van der Waals surface area contributed by atoms with Gasteiger partial charge in [0.1, 0.15) is 0 Å². The van der Waals surface area contributed by atoms with Gasteiger partial charge in [0, 0.05) is 27.9 Å². The Labute approximate surface area is 74.7 Å². The molecule has 74 valence electrons. The predicted molar refractivity (Wildman–Crippen MR) is 48.2 cm³/mol. The molecular weight excluding hydrogens is 176 g/mol. The first-order chi connectivity index (χ1) is 5.64. The van der Waals surface area contributed by atoms with Crippen molar-refractivity contribution in [3.05, 3.63) is 0 Å². The summed E-state index contributed by atoms with van der Waals surface area (Å²) >= 11 is 0. The van der Waals surface area contributed by atoms with E-state index >= 15 is 0 Å². The van der Waals surface area contributed by atoms with Crippen molar-refractivity contribution in [1.82, 2.24) is 5.01 Å². The number of nitrogens with two attached hydrogens (primary N) is 1. The molecule has 0 radical (unpaired) electrons. The van der Waals surface area contributed by atoms with Crippen molar-refractivity contribution in [3.63, 3.8) is 0 Å². The normalized spacial score (nSPS) is 12.5. The standard InChI is InChI=1S/C6H18N2O3Si/c1-5-8(7)6-12(9-2,10-3)11-4/h5-7H2,1-4H3. The number of hydrazine groups is 1. The van der Waals surface area contributed by atoms with Crippen LogP contribution in [0.5, 0.6) is 0 Å². The summed E-state index contributed by atoms with van der Waals surface area (Å²) in [7, 11) is 2.22. The molecule has 0 saturated heterocycles. The lowest BCUT2D eigenvalue weighted by Crippen LogP contribution is -2.55. The molecule has 0 amide bonds. The minimum Gasteiger partial charge on any atom is -0.376 e. The molecule has 0 aliphatic heterocycles. The molecule has 0 spiro atoms. The first-order valence-electron chi connectivity index (χ1n) is 3.79. The molecule has 0 fully saturated rings. The quantitative estimate of drug-likeness (QED) is 0.354. The molecule has 0 rings (SSSR count). The molecule has 0 saturated carbocycles. The van der Waals surface area contributed by atoms with E-state index in [1.807, 2.05) is 6.92 Å². The molecule has 0 aromatic rings. The zero-order chi connectivity index (χ0) is 9.61. The molecule has 0 aromatic heterocycles. The summed E-state index contributed by atoms with van der Waals surface area (Å²) in [5, 5.41) is 1.61. The molecule has 0 bridgehead atoms. The second kappa shape index (κ2) is 5.63. The van der Waals surface area contributed by atoms with E-state index in [1.54, 1.807) is 26.3 Å². The van der Waals surface area contributed by atoms with Crippen LogP contribution in [-0.2, 0) is 13.3 Å². The van der Waals surface area contributed by atoms with E-state index in [1.165, 1.54) is 0 Å². The Balaban J connectivity index is 4.09. The van der Waals surface area contributed by atoms with Crippen LogP contribution in [-0.4, -0.2) is 47.9 Å². The summed E-state index contributed by atoms with van der Waals surface area (Å²) in [5.41, 5.74) is 0. The first kappa shape index (κ1) is 12.0. The maximum absolute atomic E-state index is 5.61. The van der Waals surface area contributed by atoms with Crippen molar-refractivity contribution in [2.24, 2.45) is 5.84 Å². The fraction of sp³-hybridized carbons (Fsp3) is 1.00. The largest absolute Gasteiger partial charge is 0.516 e. The number of nitrogens with zero attached hydrogens (tertiary/aromatic N) is 1. The fourth-order valence-corrected chi connectivity index (χ4v) is 2.41. The van der Waals surface area contributed by atoms with Crippen molar-refractivity contribution in [2.75, 3.05) is 34.0 Å². The summed E-state index contributed by atoms with van der Waals surface area (Å²) in [6.45, 7) is 2.70. The lowest BCUT2D eigenvalue weighted by molar-refractivity contribution is 0.104. The number of hydrogen-bond acceptors (Lipinski definition) is 5. The SMILES string of the molecule is CCN(N)C[Si](OC)(OC)OC. The lowest BCUT2D eigenvalue weighted by atomic mass is 10.7. The van der Waals surface area contributed by atoms with Gasteiger partial charge >= 0.3 is 8.80 Å². The Morgan fingerprint density at radius 2 is 1.58 bits per heavy atom. The Bertz CT molecular complexity index is 113. The van der Waals surface area contributed by atoms with Gasteiger partial charge in [-0.1, -0.05) is 6.92 Å². The maximum Gasteiger partial charge on any atom is 0.516 e. The van der Waals surface area contributed by atoms with Gasteiger partial charge < -0.3 is 13.3 Å². The van der Waals surface area contributed by atoms with E-state index in [4.69, 9.17) is 19.1 Å². The van der Waals surface area contributed by atoms with Gasteiger partial charge in [-0.3, -0.25) is 5.84 Å². The Hall–Kier alpha value is 0.0169. The van der Waals surface area contributed by atoms with Crippen LogP contribution in [0.15, 0.2) is 0 Å². The van der Waals surface area contributed by atoms with E-state index in [2.05, 4.69) is 0 Å². The van der Waals surface area contributed by atoms with Gasteiger partial charge in [0.15, 0.2) is 0 Å². The van der Waals surface area contributed by atoms with Crippen LogP contribution in [0.25, 0.3) is 0 Å². The highest BCUT2D eigenvalue weighted by Gasteiger charge is 2.39. The molecule has 12 heavy (non-hydrogen) atoms. The van der Waals surface area contributed by atoms with Gasteiger partial charge in [-0.2, -0.15) is 0 Å². The summed E-state index contributed by atoms with van der Waals surface area (Å²) in [6.07, 6.45) is 0.507. The minimum absolute atomic E-state index is 0.507. The van der Waals surface area contributed by atoms with Gasteiger partial charge in [-0.25, -0.2) is 5.01 Å². The van der Waals surface area contributed by atoms with E-state index in [-0.39, 0.29) is 0 Å². The third-order valence-corrected chi connectivity index (χ3v) is 4.40. The molecule has 0 unspecified atom stereocenters. The van der Waals surface area contributed by atoms with E-state index in [9.17, 15) is 0 Å². The molecule has 0 atom stereocenters. The highest BCUT2D eigenvalue weighted by atomic mass is 28.4. The van der Waals surface area contributed by atoms with Crippen LogP contribution in [0.3, 0.4) is 0 Å². The molecule has 2 N–H and O–H groups in total. The molecule has 0 aliphatic rings. The van der Waals surface area contributed by atoms with Crippen LogP contribution in [0.2, 0.25) is 0 Å². The topological polar surface area (TPSA) is 57.0 Å². The summed E-state index contributed by atoms with van der Waals surface area (Å²) in [6, 6.07) is 0. The van der Waals surface area contributed by atoms with Gasteiger partial charge in [0.25, 0.3) is 0 Å². The molecule has 0 aromatic carbocycles. The lowest BCUT2D eigenvalue weighted by Gasteiger charge is -2.27. The third kappa shape index (κ3) is 3.17. The number of hydrogen-bond donors (Lipinski definition) is 1. The van der Waals surface area contributed by atoms with E-state index < -0.39 is 8.80 Å². The molecule has 6 heteroatoms. The minimum atomic E-state index is -2.50. The van der Waals surface area contributed by atoms with Crippen LogP contribution in [0.4, 0.5) is 0 Å². The number of rotatable bonds is 6. The van der Waals surface area contributed by atoms with Crippen LogP contribution in [0, 0.1) is 0 Å². The predicted octanol–water partition coefficient (Wildman–Crippen LogP) is -0.401. The average Bonchev–Trinajstić information content (AvgIpc) is 2.14. The van der Waals surface area contributed by atoms with Crippen molar-refractivity contribution >= 4 is 8.80 Å². The van der Waals surface area contributed by atoms with Gasteiger partial charge in [0.05, 0.1) is 6.17 Å². The summed E-state index contributed by atoms with van der Waals surface area (Å²) in [5.74, 6) is 5.61. The van der Waals surface area contributed by atoms with E-state index in [0.717, 1.165) is 6.54 Å². The molecule has 0 aliphatic carbocycles. The second-order valence-electron chi connectivity index (χ2n) is 2.36. The molecule has 0 heterocycles. The fourth-order valence-electron chi connectivity index (χ4n) is 0.804. The van der Waals surface area contributed by atoms with Crippen LogP contribution >= 0.6 is 0 Å². The highest BCUT2D eigenvalue weighted by Crippen LogP contribution is 2.05. The van der Waals surface area contributed by atoms with Crippen molar-refractivity contribution in [2.45, 2.75) is 6.92 Å². The Kier molecular flexibility index (Phi) is 5.63. The second-order valence-corrected chi connectivity index (χ2v) is 5.27. The van der Waals surface area contributed by atoms with Crippen molar-refractivity contribution < 1.29 is 13.3 Å². The van der Waals surface area contributed by atoms with Crippen LogP contribution in [0.1, 0.15) is 6.92 Å². The maximum atomic E-state index is 5.61. The van der Waals surface area contributed by atoms with E-state index in [0.29, 0.717) is 6.17 Å². The van der Waals surface area contributed by atoms with Crippen molar-refractivity contribution in [1.29, 1.82) is 0 Å².